The molecule has 1 aliphatic carbocycles. The van der Waals surface area contributed by atoms with Crippen molar-refractivity contribution in [1.82, 2.24) is 10.6 Å². The Morgan fingerprint density at radius 3 is 2.55 bits per heavy atom. The van der Waals surface area contributed by atoms with Gasteiger partial charge in [-0.15, -0.1) is 0 Å². The van der Waals surface area contributed by atoms with Crippen LogP contribution in [0.25, 0.3) is 0 Å². The van der Waals surface area contributed by atoms with Crippen LogP contribution < -0.4 is 15.5 Å². The summed E-state index contributed by atoms with van der Waals surface area (Å²) in [5, 5.41) is 15.9. The lowest BCUT2D eigenvalue weighted by Gasteiger charge is -2.29. The standard InChI is InChI=1S/C19H26N4O6/c1-12-6-4-5-7-15(12)20-19(26)21-17(24)11-29-18(25)14-10-13(23(27)28)8-9-16(14)22(2)3/h8-10,12,15H,4-7,11H2,1-3H3,(H2,20,21,24,26)/t12-,15-/m1/s1. The van der Waals surface area contributed by atoms with Crippen molar-refractivity contribution in [2.24, 2.45) is 5.92 Å². The summed E-state index contributed by atoms with van der Waals surface area (Å²) >= 11 is 0. The number of nitro benzene ring substituents is 1. The van der Waals surface area contributed by atoms with E-state index in [-0.39, 0.29) is 17.3 Å². The molecule has 2 N–H and O–H groups in total. The maximum Gasteiger partial charge on any atom is 0.341 e. The largest absolute Gasteiger partial charge is 0.452 e. The highest BCUT2D eigenvalue weighted by atomic mass is 16.6. The molecule has 2 rings (SSSR count). The summed E-state index contributed by atoms with van der Waals surface area (Å²) in [7, 11) is 3.34. The molecule has 0 aliphatic heterocycles. The Hall–Kier alpha value is -3.17. The molecule has 29 heavy (non-hydrogen) atoms. The number of benzene rings is 1. The fraction of sp³-hybridized carbons (Fsp3) is 0.526. The van der Waals surface area contributed by atoms with E-state index in [1.54, 1.807) is 19.0 Å². The van der Waals surface area contributed by atoms with Gasteiger partial charge in [-0.25, -0.2) is 9.59 Å². The summed E-state index contributed by atoms with van der Waals surface area (Å²) in [5.41, 5.74) is 0.0931. The molecule has 1 aliphatic rings. The Labute approximate surface area is 168 Å². The molecule has 0 heterocycles. The van der Waals surface area contributed by atoms with Gasteiger partial charge in [-0.3, -0.25) is 20.2 Å². The number of rotatable bonds is 6. The van der Waals surface area contributed by atoms with Gasteiger partial charge in [-0.2, -0.15) is 0 Å². The van der Waals surface area contributed by atoms with Crippen LogP contribution in [0.3, 0.4) is 0 Å². The second kappa shape index (κ2) is 9.85. The molecule has 0 aromatic heterocycles. The van der Waals surface area contributed by atoms with Crippen LogP contribution in [0.4, 0.5) is 16.2 Å². The van der Waals surface area contributed by atoms with Crippen LogP contribution in [-0.4, -0.2) is 49.6 Å². The van der Waals surface area contributed by atoms with Gasteiger partial charge in [0.1, 0.15) is 0 Å². The van der Waals surface area contributed by atoms with Crippen LogP contribution in [0.2, 0.25) is 0 Å². The number of esters is 1. The Balaban J connectivity index is 1.92. The number of urea groups is 1. The third-order valence-corrected chi connectivity index (χ3v) is 4.91. The van der Waals surface area contributed by atoms with Crippen molar-refractivity contribution in [2.45, 2.75) is 38.6 Å². The highest BCUT2D eigenvalue weighted by Crippen LogP contribution is 2.25. The predicted molar refractivity (Wildman–Crippen MR) is 106 cm³/mol. The number of carbonyl (C=O) groups is 3. The third kappa shape index (κ3) is 6.16. The monoisotopic (exact) mass is 406 g/mol. The van der Waals surface area contributed by atoms with Gasteiger partial charge in [-0.1, -0.05) is 19.8 Å². The molecule has 158 valence electrons. The lowest BCUT2D eigenvalue weighted by molar-refractivity contribution is -0.384. The summed E-state index contributed by atoms with van der Waals surface area (Å²) in [6.07, 6.45) is 4.03. The summed E-state index contributed by atoms with van der Waals surface area (Å²) in [5.74, 6) is -1.34. The van der Waals surface area contributed by atoms with Crippen LogP contribution in [0, 0.1) is 16.0 Å². The zero-order chi connectivity index (χ0) is 21.6. The number of nitrogens with zero attached hydrogens (tertiary/aromatic N) is 2. The van der Waals surface area contributed by atoms with Gasteiger partial charge in [0.25, 0.3) is 11.6 Å². The van der Waals surface area contributed by atoms with Crippen molar-refractivity contribution in [3.63, 3.8) is 0 Å². The summed E-state index contributed by atoms with van der Waals surface area (Å²) in [6.45, 7) is 1.37. The molecule has 10 nitrogen and oxygen atoms in total. The minimum atomic E-state index is -0.895. The molecule has 0 unspecified atom stereocenters. The molecule has 3 amide bonds. The third-order valence-electron chi connectivity index (χ3n) is 4.91. The average molecular weight is 406 g/mol. The zero-order valence-electron chi connectivity index (χ0n) is 16.8. The molecule has 10 heteroatoms. The Morgan fingerprint density at radius 1 is 1.24 bits per heavy atom. The molecular formula is C19H26N4O6. The normalized spacial score (nSPS) is 18.4. The van der Waals surface area contributed by atoms with E-state index >= 15 is 0 Å². The molecular weight excluding hydrogens is 380 g/mol. The highest BCUT2D eigenvalue weighted by molar-refractivity contribution is 5.99. The number of amides is 3. The topological polar surface area (TPSA) is 131 Å². The van der Waals surface area contributed by atoms with Gasteiger partial charge < -0.3 is 15.0 Å². The molecule has 0 radical (unpaired) electrons. The van der Waals surface area contributed by atoms with Crippen LogP contribution in [0.1, 0.15) is 43.0 Å². The van der Waals surface area contributed by atoms with Crippen LogP contribution in [0.15, 0.2) is 18.2 Å². The van der Waals surface area contributed by atoms with Gasteiger partial charge in [0.15, 0.2) is 6.61 Å². The van der Waals surface area contributed by atoms with Gasteiger partial charge in [0.05, 0.1) is 16.2 Å². The van der Waals surface area contributed by atoms with Crippen molar-refractivity contribution >= 4 is 29.3 Å². The lowest BCUT2D eigenvalue weighted by Crippen LogP contribution is -2.48. The van der Waals surface area contributed by atoms with E-state index in [1.165, 1.54) is 12.1 Å². The van der Waals surface area contributed by atoms with Gasteiger partial charge >= 0.3 is 12.0 Å². The van der Waals surface area contributed by atoms with Crippen molar-refractivity contribution < 1.29 is 24.0 Å². The number of hydrogen-bond acceptors (Lipinski definition) is 7. The maximum absolute atomic E-state index is 12.3. The quantitative estimate of drug-likeness (QED) is 0.421. The summed E-state index contributed by atoms with van der Waals surface area (Å²) < 4.78 is 4.95. The van der Waals surface area contributed by atoms with E-state index in [0.717, 1.165) is 31.7 Å². The van der Waals surface area contributed by atoms with Crippen molar-refractivity contribution in [1.29, 1.82) is 0 Å². The Kier molecular flexibility index (Phi) is 7.52. The predicted octanol–water partition coefficient (Wildman–Crippen LogP) is 2.22. The van der Waals surface area contributed by atoms with E-state index < -0.39 is 29.4 Å². The molecule has 0 spiro atoms. The average Bonchev–Trinajstić information content (AvgIpc) is 2.67. The first-order valence-electron chi connectivity index (χ1n) is 9.42. The number of ether oxygens (including phenoxy) is 1. The molecule has 1 fully saturated rings. The smallest absolute Gasteiger partial charge is 0.341 e. The number of imide groups is 1. The number of nitrogens with one attached hydrogen (secondary N) is 2. The van der Waals surface area contributed by atoms with Crippen molar-refractivity contribution in [2.75, 3.05) is 25.6 Å². The van der Waals surface area contributed by atoms with Crippen LogP contribution in [0.5, 0.6) is 0 Å². The molecule has 1 aromatic rings. The fourth-order valence-electron chi connectivity index (χ4n) is 3.30. The van der Waals surface area contributed by atoms with Crippen LogP contribution in [-0.2, 0) is 9.53 Å². The second-order valence-corrected chi connectivity index (χ2v) is 7.32. The minimum Gasteiger partial charge on any atom is -0.452 e. The SMILES string of the molecule is C[C@@H]1CCCC[C@H]1NC(=O)NC(=O)COC(=O)c1cc([N+](=O)[O-])ccc1N(C)C. The highest BCUT2D eigenvalue weighted by Gasteiger charge is 2.24. The summed E-state index contributed by atoms with van der Waals surface area (Å²) in [4.78, 5) is 48.2. The Morgan fingerprint density at radius 2 is 1.93 bits per heavy atom. The summed E-state index contributed by atoms with van der Waals surface area (Å²) in [6, 6.07) is 3.16. The van der Waals surface area contributed by atoms with E-state index in [1.807, 2.05) is 0 Å². The number of nitro groups is 1. The molecule has 1 saturated carbocycles. The lowest BCUT2D eigenvalue weighted by atomic mass is 9.86. The first-order chi connectivity index (χ1) is 13.7. The van der Waals surface area contributed by atoms with E-state index in [4.69, 9.17) is 4.74 Å². The number of non-ortho nitro benzene ring substituents is 1. The van der Waals surface area contributed by atoms with Gasteiger partial charge in [0.2, 0.25) is 0 Å². The fourth-order valence-corrected chi connectivity index (χ4v) is 3.30. The Bertz CT molecular complexity index is 795. The first kappa shape index (κ1) is 22.1. The maximum atomic E-state index is 12.3. The molecule has 1 aromatic carbocycles. The van der Waals surface area contributed by atoms with Gasteiger partial charge in [-0.05, 0) is 24.8 Å². The zero-order valence-corrected chi connectivity index (χ0v) is 16.8. The van der Waals surface area contributed by atoms with Crippen LogP contribution >= 0.6 is 0 Å². The van der Waals surface area contributed by atoms with Crippen molar-refractivity contribution in [3.8, 4) is 0 Å². The van der Waals surface area contributed by atoms with E-state index in [2.05, 4.69) is 17.6 Å². The number of carbonyl (C=O) groups excluding carboxylic acids is 3. The van der Waals surface area contributed by atoms with Gasteiger partial charge in [0, 0.05) is 32.3 Å². The molecule has 0 saturated heterocycles. The molecule has 0 bridgehead atoms. The van der Waals surface area contributed by atoms with E-state index in [0.29, 0.717) is 11.6 Å². The number of hydrogen-bond donors (Lipinski definition) is 2. The molecule has 2 atom stereocenters. The number of anilines is 1. The first-order valence-corrected chi connectivity index (χ1v) is 9.42. The minimum absolute atomic E-state index is 0.00613. The van der Waals surface area contributed by atoms with E-state index in [9.17, 15) is 24.5 Å². The second-order valence-electron chi connectivity index (χ2n) is 7.32. The van der Waals surface area contributed by atoms with Crippen molar-refractivity contribution in [3.05, 3.63) is 33.9 Å².